The van der Waals surface area contributed by atoms with Crippen LogP contribution in [0.15, 0.2) is 48.9 Å². The largest absolute Gasteiger partial charge is 0.361 e. The Morgan fingerprint density at radius 1 is 1.29 bits per heavy atom. The predicted molar refractivity (Wildman–Crippen MR) is 110 cm³/mol. The maximum absolute atomic E-state index is 12.3. The standard InChI is InChI=1S/C23H26N4O/c1-27-14-15(5-10-25-23(28)16-6-8-24-9-7-16)11-19-18-3-2-4-20-22(18)17(13-26-20)12-21(19)27/h2-4,6-9,13,15,19,21,26H,5,10-12,14H2,1H3,(H,25,28)/t15-,19?,21-/m1/s1. The average molecular weight is 374 g/mol. The first-order valence-corrected chi connectivity index (χ1v) is 10.2. The Labute approximate surface area is 165 Å². The van der Waals surface area contributed by atoms with Gasteiger partial charge < -0.3 is 15.2 Å². The molecule has 2 N–H and O–H groups in total. The average Bonchev–Trinajstić information content (AvgIpc) is 3.14. The number of benzene rings is 1. The van der Waals surface area contributed by atoms with Crippen molar-refractivity contribution in [3.05, 3.63) is 65.6 Å². The number of likely N-dealkylation sites (tertiary alicyclic amines) is 1. The highest BCUT2D eigenvalue weighted by atomic mass is 16.1. The van der Waals surface area contributed by atoms with Gasteiger partial charge in [0.25, 0.3) is 5.91 Å². The van der Waals surface area contributed by atoms with E-state index in [1.165, 1.54) is 28.5 Å². The number of amides is 1. The van der Waals surface area contributed by atoms with E-state index in [1.54, 1.807) is 24.5 Å². The summed E-state index contributed by atoms with van der Waals surface area (Å²) in [6.45, 7) is 1.82. The van der Waals surface area contributed by atoms with Gasteiger partial charge in [-0.25, -0.2) is 0 Å². The Morgan fingerprint density at radius 2 is 2.14 bits per heavy atom. The summed E-state index contributed by atoms with van der Waals surface area (Å²) in [5.74, 6) is 1.16. The number of pyridine rings is 1. The van der Waals surface area contributed by atoms with Crippen molar-refractivity contribution in [2.45, 2.75) is 31.2 Å². The van der Waals surface area contributed by atoms with Crippen molar-refractivity contribution in [3.8, 4) is 0 Å². The second kappa shape index (κ2) is 7.06. The molecule has 0 spiro atoms. The minimum Gasteiger partial charge on any atom is -0.361 e. The molecule has 3 heterocycles. The highest BCUT2D eigenvalue weighted by molar-refractivity contribution is 5.93. The molecular formula is C23H26N4O. The van der Waals surface area contributed by atoms with Gasteiger partial charge in [0, 0.05) is 60.1 Å². The first-order valence-electron chi connectivity index (χ1n) is 10.2. The van der Waals surface area contributed by atoms with E-state index in [4.69, 9.17) is 0 Å². The molecule has 5 heteroatoms. The van der Waals surface area contributed by atoms with Crippen molar-refractivity contribution < 1.29 is 4.79 Å². The number of nitrogens with zero attached hydrogens (tertiary/aromatic N) is 2. The van der Waals surface area contributed by atoms with Gasteiger partial charge in [-0.05, 0) is 61.6 Å². The number of fused-ring (bicyclic) bond motifs is 2. The maximum Gasteiger partial charge on any atom is 0.251 e. The number of aromatic amines is 1. The van der Waals surface area contributed by atoms with E-state index in [2.05, 4.69) is 51.6 Å². The number of hydrogen-bond donors (Lipinski definition) is 2. The van der Waals surface area contributed by atoms with Crippen LogP contribution in [0, 0.1) is 5.92 Å². The van der Waals surface area contributed by atoms with Gasteiger partial charge >= 0.3 is 0 Å². The number of rotatable bonds is 4. The van der Waals surface area contributed by atoms with Crippen molar-refractivity contribution in [1.29, 1.82) is 0 Å². The zero-order chi connectivity index (χ0) is 19.1. The van der Waals surface area contributed by atoms with Gasteiger partial charge in [-0.2, -0.15) is 0 Å². The normalized spacial score (nSPS) is 24.1. The molecule has 3 atom stereocenters. The number of hydrogen-bond acceptors (Lipinski definition) is 3. The second-order valence-corrected chi connectivity index (χ2v) is 8.28. The lowest BCUT2D eigenvalue weighted by molar-refractivity contribution is 0.0926. The minimum absolute atomic E-state index is 0.0103. The summed E-state index contributed by atoms with van der Waals surface area (Å²) in [5.41, 5.74) is 4.90. The molecule has 1 aromatic carbocycles. The van der Waals surface area contributed by atoms with Gasteiger partial charge in [-0.15, -0.1) is 0 Å². The van der Waals surface area contributed by atoms with Crippen molar-refractivity contribution in [3.63, 3.8) is 0 Å². The maximum atomic E-state index is 12.3. The quantitative estimate of drug-likeness (QED) is 0.736. The first kappa shape index (κ1) is 17.4. The van der Waals surface area contributed by atoms with Crippen LogP contribution in [0.1, 0.15) is 40.2 Å². The summed E-state index contributed by atoms with van der Waals surface area (Å²) in [5, 5.41) is 4.52. The van der Waals surface area contributed by atoms with Crippen molar-refractivity contribution in [2.24, 2.45) is 5.92 Å². The number of likely N-dealkylation sites (N-methyl/N-ethyl adjacent to an activating group) is 1. The van der Waals surface area contributed by atoms with Gasteiger partial charge in [0.1, 0.15) is 0 Å². The second-order valence-electron chi connectivity index (χ2n) is 8.28. The predicted octanol–water partition coefficient (Wildman–Crippen LogP) is 3.34. The summed E-state index contributed by atoms with van der Waals surface area (Å²) in [6.07, 6.45) is 8.85. The third-order valence-electron chi connectivity index (χ3n) is 6.59. The fourth-order valence-electron chi connectivity index (χ4n) is 5.26. The topological polar surface area (TPSA) is 61.0 Å². The molecule has 2 aromatic heterocycles. The molecule has 1 aliphatic heterocycles. The highest BCUT2D eigenvalue weighted by Gasteiger charge is 2.39. The minimum atomic E-state index is -0.0103. The van der Waals surface area contributed by atoms with Crippen LogP contribution in [-0.4, -0.2) is 47.0 Å². The molecule has 0 saturated carbocycles. The monoisotopic (exact) mass is 374 g/mol. The zero-order valence-electron chi connectivity index (χ0n) is 16.2. The van der Waals surface area contributed by atoms with Gasteiger partial charge in [0.15, 0.2) is 0 Å². The Hall–Kier alpha value is -2.66. The molecule has 1 saturated heterocycles. The fraction of sp³-hybridized carbons (Fsp3) is 0.391. The molecule has 1 unspecified atom stereocenters. The van der Waals surface area contributed by atoms with Crippen LogP contribution in [0.2, 0.25) is 0 Å². The molecule has 1 aliphatic carbocycles. The van der Waals surface area contributed by atoms with Gasteiger partial charge in [-0.1, -0.05) is 12.1 Å². The Kier molecular flexibility index (Phi) is 4.40. The van der Waals surface area contributed by atoms with Crippen LogP contribution in [0.25, 0.3) is 10.9 Å². The van der Waals surface area contributed by atoms with Crippen LogP contribution in [-0.2, 0) is 6.42 Å². The molecule has 5 nitrogen and oxygen atoms in total. The number of H-pyrrole nitrogens is 1. The summed E-state index contributed by atoms with van der Waals surface area (Å²) in [6, 6.07) is 10.8. The van der Waals surface area contributed by atoms with Gasteiger partial charge in [-0.3, -0.25) is 9.78 Å². The summed E-state index contributed by atoms with van der Waals surface area (Å²) in [4.78, 5) is 22.2. The molecule has 2 aliphatic rings. The van der Waals surface area contributed by atoms with Crippen LogP contribution in [0.3, 0.4) is 0 Å². The number of piperidine rings is 1. The van der Waals surface area contributed by atoms with E-state index in [1.807, 2.05) is 0 Å². The molecule has 1 fully saturated rings. The summed E-state index contributed by atoms with van der Waals surface area (Å²) in [7, 11) is 2.26. The Morgan fingerprint density at radius 3 is 3.00 bits per heavy atom. The van der Waals surface area contributed by atoms with Gasteiger partial charge in [0.05, 0.1) is 0 Å². The number of carbonyl (C=O) groups is 1. The van der Waals surface area contributed by atoms with Crippen molar-refractivity contribution >= 4 is 16.8 Å². The van der Waals surface area contributed by atoms with E-state index < -0.39 is 0 Å². The lowest BCUT2D eigenvalue weighted by Gasteiger charge is -2.45. The summed E-state index contributed by atoms with van der Waals surface area (Å²) >= 11 is 0. The lowest BCUT2D eigenvalue weighted by Crippen LogP contribution is -2.48. The Bertz CT molecular complexity index is 996. The summed E-state index contributed by atoms with van der Waals surface area (Å²) < 4.78 is 0. The molecule has 3 aromatic rings. The molecule has 0 radical (unpaired) electrons. The van der Waals surface area contributed by atoms with E-state index in [-0.39, 0.29) is 5.91 Å². The van der Waals surface area contributed by atoms with E-state index in [0.29, 0.717) is 23.4 Å². The van der Waals surface area contributed by atoms with E-state index in [9.17, 15) is 4.79 Å². The van der Waals surface area contributed by atoms with Crippen molar-refractivity contribution in [1.82, 2.24) is 20.2 Å². The number of carbonyl (C=O) groups excluding carboxylic acids is 1. The molecular weight excluding hydrogens is 348 g/mol. The SMILES string of the molecule is CN1C[C@H](CCNC(=O)c2ccncc2)CC2c3cccc4[nH]cc(c34)C[C@H]21. The van der Waals surface area contributed by atoms with E-state index >= 15 is 0 Å². The molecule has 0 bridgehead atoms. The molecule has 144 valence electrons. The number of aromatic nitrogens is 2. The van der Waals surface area contributed by atoms with Crippen LogP contribution in [0.4, 0.5) is 0 Å². The lowest BCUT2D eigenvalue weighted by atomic mass is 9.72. The fourth-order valence-corrected chi connectivity index (χ4v) is 5.26. The third kappa shape index (κ3) is 3.00. The number of nitrogens with one attached hydrogen (secondary N) is 2. The highest BCUT2D eigenvalue weighted by Crippen LogP contribution is 2.44. The zero-order valence-corrected chi connectivity index (χ0v) is 16.2. The first-order chi connectivity index (χ1) is 13.7. The van der Waals surface area contributed by atoms with Crippen LogP contribution in [0.5, 0.6) is 0 Å². The molecule has 28 heavy (non-hydrogen) atoms. The molecule has 5 rings (SSSR count). The third-order valence-corrected chi connectivity index (χ3v) is 6.59. The van der Waals surface area contributed by atoms with Crippen LogP contribution >= 0.6 is 0 Å². The van der Waals surface area contributed by atoms with Gasteiger partial charge in [0.2, 0.25) is 0 Å². The van der Waals surface area contributed by atoms with Crippen LogP contribution < -0.4 is 5.32 Å². The van der Waals surface area contributed by atoms with E-state index in [0.717, 1.165) is 25.9 Å². The Balaban J connectivity index is 1.28. The van der Waals surface area contributed by atoms with Crippen molar-refractivity contribution in [2.75, 3.05) is 20.1 Å². The smallest absolute Gasteiger partial charge is 0.251 e. The molecule has 1 amide bonds.